The fourth-order valence-electron chi connectivity index (χ4n) is 3.53. The lowest BCUT2D eigenvalue weighted by Gasteiger charge is -2.33. The number of amides is 2. The summed E-state index contributed by atoms with van der Waals surface area (Å²) >= 11 is 9.43. The largest absolute Gasteiger partial charge is 0.354 e. The van der Waals surface area contributed by atoms with Crippen LogP contribution >= 0.6 is 27.5 Å². The van der Waals surface area contributed by atoms with Crippen LogP contribution in [0.3, 0.4) is 0 Å². The summed E-state index contributed by atoms with van der Waals surface area (Å²) < 4.78 is 27.3. The topological polar surface area (TPSA) is 86.8 Å². The highest BCUT2D eigenvalue weighted by Gasteiger charge is 2.31. The molecule has 2 aromatic carbocycles. The maximum absolute atomic E-state index is 13.6. The summed E-state index contributed by atoms with van der Waals surface area (Å²) in [7, 11) is -3.78. The Morgan fingerprint density at radius 1 is 1.11 bits per heavy atom. The molecule has 7 nitrogen and oxygen atoms in total. The zero-order valence-electron chi connectivity index (χ0n) is 20.7. The fourth-order valence-corrected chi connectivity index (χ4v) is 4.74. The van der Waals surface area contributed by atoms with E-state index in [0.29, 0.717) is 23.7 Å². The average Bonchev–Trinajstić information content (AvgIpc) is 2.78. The first kappa shape index (κ1) is 29.1. The Bertz CT molecular complexity index is 1140. The molecule has 35 heavy (non-hydrogen) atoms. The lowest BCUT2D eigenvalue weighted by molar-refractivity contribution is -0.140. The van der Waals surface area contributed by atoms with Gasteiger partial charge in [0, 0.05) is 22.6 Å². The number of hydrogen-bond donors (Lipinski definition) is 1. The van der Waals surface area contributed by atoms with E-state index in [-0.39, 0.29) is 18.4 Å². The molecule has 0 heterocycles. The van der Waals surface area contributed by atoms with E-state index in [0.717, 1.165) is 26.2 Å². The first-order valence-corrected chi connectivity index (χ1v) is 14.4. The minimum Gasteiger partial charge on any atom is -0.354 e. The summed E-state index contributed by atoms with van der Waals surface area (Å²) in [6.07, 6.45) is 1.44. The Morgan fingerprint density at radius 3 is 2.26 bits per heavy atom. The van der Waals surface area contributed by atoms with Crippen molar-refractivity contribution in [2.45, 2.75) is 46.7 Å². The predicted molar refractivity (Wildman–Crippen MR) is 145 cm³/mol. The average molecular weight is 587 g/mol. The minimum absolute atomic E-state index is 0.139. The molecule has 0 aliphatic rings. The zero-order chi connectivity index (χ0) is 26.3. The highest BCUT2D eigenvalue weighted by molar-refractivity contribution is 9.10. The van der Waals surface area contributed by atoms with Gasteiger partial charge in [0.05, 0.1) is 11.9 Å². The number of sulfonamides is 1. The van der Waals surface area contributed by atoms with Crippen molar-refractivity contribution < 1.29 is 18.0 Å². The van der Waals surface area contributed by atoms with Crippen LogP contribution in [0.4, 0.5) is 5.69 Å². The van der Waals surface area contributed by atoms with Crippen molar-refractivity contribution in [2.24, 2.45) is 5.92 Å². The van der Waals surface area contributed by atoms with Crippen LogP contribution in [0.2, 0.25) is 5.02 Å². The van der Waals surface area contributed by atoms with Gasteiger partial charge in [0.15, 0.2) is 0 Å². The van der Waals surface area contributed by atoms with E-state index in [1.165, 1.54) is 4.90 Å². The number of rotatable bonds is 11. The lowest BCUT2D eigenvalue weighted by atomic mass is 10.1. The van der Waals surface area contributed by atoms with E-state index in [1.807, 2.05) is 27.7 Å². The van der Waals surface area contributed by atoms with Gasteiger partial charge in [-0.15, -0.1) is 0 Å². The number of aryl methyl sites for hydroxylation is 1. The molecule has 2 rings (SSSR count). The monoisotopic (exact) mass is 585 g/mol. The third-order valence-electron chi connectivity index (χ3n) is 5.45. The van der Waals surface area contributed by atoms with Crippen LogP contribution in [0, 0.1) is 12.8 Å². The van der Waals surface area contributed by atoms with Crippen LogP contribution in [-0.4, -0.2) is 50.5 Å². The van der Waals surface area contributed by atoms with Crippen LogP contribution in [-0.2, 0) is 26.2 Å². The van der Waals surface area contributed by atoms with Gasteiger partial charge in [-0.25, -0.2) is 8.42 Å². The number of carbonyl (C=O) groups is 2. The number of anilines is 1. The lowest BCUT2D eigenvalue weighted by Crippen LogP contribution is -2.52. The predicted octanol–water partition coefficient (Wildman–Crippen LogP) is 4.76. The van der Waals surface area contributed by atoms with Gasteiger partial charge in [0.2, 0.25) is 21.8 Å². The van der Waals surface area contributed by atoms with Crippen molar-refractivity contribution in [3.8, 4) is 0 Å². The van der Waals surface area contributed by atoms with Gasteiger partial charge in [-0.05, 0) is 60.7 Å². The van der Waals surface area contributed by atoms with Gasteiger partial charge >= 0.3 is 0 Å². The molecule has 1 unspecified atom stereocenters. The minimum atomic E-state index is -3.78. The van der Waals surface area contributed by atoms with Gasteiger partial charge < -0.3 is 10.2 Å². The summed E-state index contributed by atoms with van der Waals surface area (Å²) in [5.74, 6) is -0.496. The standard InChI is InChI=1S/C25H33BrClN3O4S/c1-6-23(25(32)28-14-17(2)3)29(15-19-7-9-20(27)10-8-19)24(31)16-30(35(5,33)34)21-11-12-22(26)18(4)13-21/h7-13,17,23H,6,14-16H2,1-5H3,(H,28,32). The number of nitrogens with one attached hydrogen (secondary N) is 1. The van der Waals surface area contributed by atoms with E-state index < -0.39 is 28.5 Å². The maximum Gasteiger partial charge on any atom is 0.244 e. The van der Waals surface area contributed by atoms with Gasteiger partial charge in [-0.3, -0.25) is 13.9 Å². The van der Waals surface area contributed by atoms with Crippen molar-refractivity contribution in [1.82, 2.24) is 10.2 Å². The highest BCUT2D eigenvalue weighted by Crippen LogP contribution is 2.25. The molecule has 10 heteroatoms. The van der Waals surface area contributed by atoms with Crippen molar-refractivity contribution >= 4 is 55.1 Å². The zero-order valence-corrected chi connectivity index (χ0v) is 23.9. The van der Waals surface area contributed by atoms with Crippen molar-refractivity contribution in [3.05, 3.63) is 63.1 Å². The molecule has 0 aliphatic heterocycles. The molecule has 192 valence electrons. The Kier molecular flexibility index (Phi) is 10.6. The summed E-state index contributed by atoms with van der Waals surface area (Å²) in [4.78, 5) is 28.1. The third-order valence-corrected chi connectivity index (χ3v) is 7.73. The highest BCUT2D eigenvalue weighted by atomic mass is 79.9. The van der Waals surface area contributed by atoms with Gasteiger partial charge in [-0.1, -0.05) is 60.4 Å². The second kappa shape index (κ2) is 12.7. The van der Waals surface area contributed by atoms with Crippen LogP contribution in [0.5, 0.6) is 0 Å². The van der Waals surface area contributed by atoms with E-state index in [2.05, 4.69) is 21.2 Å². The molecular formula is C25H33BrClN3O4S. The van der Waals surface area contributed by atoms with Crippen molar-refractivity contribution in [2.75, 3.05) is 23.7 Å². The second-order valence-electron chi connectivity index (χ2n) is 8.91. The quantitative estimate of drug-likeness (QED) is 0.412. The Hall–Kier alpha value is -2.10. The Labute approximate surface area is 222 Å². The van der Waals surface area contributed by atoms with Crippen LogP contribution < -0.4 is 9.62 Å². The molecule has 0 spiro atoms. The molecule has 0 fully saturated rings. The number of hydrogen-bond acceptors (Lipinski definition) is 4. The molecule has 1 N–H and O–H groups in total. The molecule has 0 aliphatic carbocycles. The second-order valence-corrected chi connectivity index (χ2v) is 12.1. The summed E-state index contributed by atoms with van der Waals surface area (Å²) in [6, 6.07) is 11.3. The van der Waals surface area contributed by atoms with E-state index in [9.17, 15) is 18.0 Å². The van der Waals surface area contributed by atoms with Gasteiger partial charge in [0.1, 0.15) is 12.6 Å². The Morgan fingerprint density at radius 2 is 1.74 bits per heavy atom. The summed E-state index contributed by atoms with van der Waals surface area (Å²) in [5.41, 5.74) is 2.00. The summed E-state index contributed by atoms with van der Waals surface area (Å²) in [6.45, 7) is 7.83. The van der Waals surface area contributed by atoms with Gasteiger partial charge in [-0.2, -0.15) is 0 Å². The molecule has 2 aromatic rings. The fraction of sp³-hybridized carbons (Fsp3) is 0.440. The van der Waals surface area contributed by atoms with E-state index >= 15 is 0 Å². The maximum atomic E-state index is 13.6. The van der Waals surface area contributed by atoms with E-state index in [4.69, 9.17) is 11.6 Å². The number of carbonyl (C=O) groups excluding carboxylic acids is 2. The molecule has 0 saturated heterocycles. The molecule has 0 saturated carbocycles. The number of halogens is 2. The van der Waals surface area contributed by atoms with E-state index in [1.54, 1.807) is 42.5 Å². The normalized spacial score (nSPS) is 12.3. The van der Waals surface area contributed by atoms with Gasteiger partial charge in [0.25, 0.3) is 0 Å². The molecule has 0 radical (unpaired) electrons. The Balaban J connectivity index is 2.43. The van der Waals surface area contributed by atoms with Crippen molar-refractivity contribution in [1.29, 1.82) is 0 Å². The first-order valence-electron chi connectivity index (χ1n) is 11.4. The molecule has 1 atom stereocenters. The summed E-state index contributed by atoms with van der Waals surface area (Å²) in [5, 5.41) is 3.46. The van der Waals surface area contributed by atoms with Crippen molar-refractivity contribution in [3.63, 3.8) is 0 Å². The third kappa shape index (κ3) is 8.51. The molecule has 0 aromatic heterocycles. The molecule has 0 bridgehead atoms. The number of nitrogens with zero attached hydrogens (tertiary/aromatic N) is 2. The molecular weight excluding hydrogens is 554 g/mol. The SMILES string of the molecule is CCC(C(=O)NCC(C)C)N(Cc1ccc(Cl)cc1)C(=O)CN(c1ccc(Br)c(C)c1)S(C)(=O)=O. The van der Waals surface area contributed by atoms with Crippen LogP contribution in [0.1, 0.15) is 38.3 Å². The first-order chi connectivity index (χ1) is 16.3. The van der Waals surface area contributed by atoms with Crippen LogP contribution in [0.15, 0.2) is 46.9 Å². The molecule has 2 amide bonds. The number of benzene rings is 2. The smallest absolute Gasteiger partial charge is 0.244 e. The van der Waals surface area contributed by atoms with Crippen LogP contribution in [0.25, 0.3) is 0 Å².